The average molecular weight is 297 g/mol. The van der Waals surface area contributed by atoms with Crippen molar-refractivity contribution in [2.45, 2.75) is 32.6 Å². The van der Waals surface area contributed by atoms with Crippen LogP contribution in [-0.2, 0) is 4.74 Å². The molecule has 0 radical (unpaired) electrons. The molecule has 0 unspecified atom stereocenters. The van der Waals surface area contributed by atoms with Gasteiger partial charge in [-0.2, -0.15) is 0 Å². The third kappa shape index (κ3) is 2.82. The first-order valence-corrected chi connectivity index (χ1v) is 7.72. The molecule has 0 bridgehead atoms. The summed E-state index contributed by atoms with van der Waals surface area (Å²) in [5.74, 6) is -0.579. The molecule has 0 fully saturated rings. The Bertz CT molecular complexity index is 802. The van der Waals surface area contributed by atoms with Gasteiger partial charge in [-0.15, -0.1) is 0 Å². The third-order valence-corrected chi connectivity index (χ3v) is 4.00. The molecule has 1 heterocycles. The highest BCUT2D eigenvalue weighted by Crippen LogP contribution is 2.28. The lowest BCUT2D eigenvalue weighted by molar-refractivity contribution is 0.0524. The Labute approximate surface area is 128 Å². The molecule has 0 spiro atoms. The molecule has 114 valence electrons. The van der Waals surface area contributed by atoms with E-state index in [-0.39, 0.29) is 12.2 Å². The molecule has 1 aliphatic rings. The molecule has 0 aliphatic heterocycles. The Hall–Kier alpha value is -2.36. The van der Waals surface area contributed by atoms with Crippen molar-refractivity contribution in [3.05, 3.63) is 51.8 Å². The van der Waals surface area contributed by atoms with E-state index in [2.05, 4.69) is 11.1 Å². The van der Waals surface area contributed by atoms with Crippen molar-refractivity contribution in [2.24, 2.45) is 0 Å². The van der Waals surface area contributed by atoms with Gasteiger partial charge in [0, 0.05) is 5.52 Å². The SMILES string of the molecule is CCOC(=O)c1cc2ccc(C3=CCCCC3)cc2[nH]c1=O. The number of aromatic nitrogens is 1. The van der Waals surface area contributed by atoms with Gasteiger partial charge in [-0.1, -0.05) is 18.2 Å². The normalized spacial score (nSPS) is 14.7. The van der Waals surface area contributed by atoms with Gasteiger partial charge in [0.1, 0.15) is 5.56 Å². The highest BCUT2D eigenvalue weighted by molar-refractivity contribution is 5.94. The van der Waals surface area contributed by atoms with Gasteiger partial charge in [-0.25, -0.2) is 4.79 Å². The predicted octanol–water partition coefficient (Wildman–Crippen LogP) is 3.66. The van der Waals surface area contributed by atoms with Crippen LogP contribution in [0.15, 0.2) is 35.1 Å². The monoisotopic (exact) mass is 297 g/mol. The van der Waals surface area contributed by atoms with Gasteiger partial charge in [-0.05, 0) is 61.3 Å². The second-order valence-electron chi connectivity index (χ2n) is 5.51. The van der Waals surface area contributed by atoms with E-state index >= 15 is 0 Å². The molecule has 3 rings (SSSR count). The van der Waals surface area contributed by atoms with Gasteiger partial charge in [0.05, 0.1) is 6.61 Å². The van der Waals surface area contributed by atoms with Crippen LogP contribution in [0.25, 0.3) is 16.5 Å². The van der Waals surface area contributed by atoms with E-state index in [9.17, 15) is 9.59 Å². The van der Waals surface area contributed by atoms with Gasteiger partial charge in [-0.3, -0.25) is 4.79 Å². The number of H-pyrrole nitrogens is 1. The smallest absolute Gasteiger partial charge is 0.343 e. The molecule has 0 amide bonds. The van der Waals surface area contributed by atoms with E-state index in [1.165, 1.54) is 18.4 Å². The Kier molecular flexibility index (Phi) is 4.09. The van der Waals surface area contributed by atoms with Gasteiger partial charge in [0.15, 0.2) is 0 Å². The maximum absolute atomic E-state index is 12.1. The van der Waals surface area contributed by atoms with Crippen molar-refractivity contribution in [3.8, 4) is 0 Å². The molecule has 4 heteroatoms. The molecular formula is C18H19NO3. The standard InChI is InChI=1S/C18H19NO3/c1-2-22-18(21)15-10-14-9-8-13(11-16(14)19-17(15)20)12-6-4-3-5-7-12/h6,8-11H,2-5,7H2,1H3,(H,19,20). The molecule has 1 aromatic carbocycles. The number of rotatable bonds is 3. The zero-order valence-electron chi connectivity index (χ0n) is 12.6. The minimum absolute atomic E-state index is 0.0546. The Morgan fingerprint density at radius 3 is 2.86 bits per heavy atom. The number of allylic oxidation sites excluding steroid dienone is 2. The van der Waals surface area contributed by atoms with E-state index in [1.807, 2.05) is 18.2 Å². The summed E-state index contributed by atoms with van der Waals surface area (Å²) < 4.78 is 4.91. The molecule has 0 saturated carbocycles. The number of benzene rings is 1. The van der Waals surface area contributed by atoms with Crippen molar-refractivity contribution in [3.63, 3.8) is 0 Å². The van der Waals surface area contributed by atoms with Crippen LogP contribution in [-0.4, -0.2) is 17.6 Å². The molecule has 2 aromatic rings. The lowest BCUT2D eigenvalue weighted by Gasteiger charge is -2.13. The van der Waals surface area contributed by atoms with E-state index < -0.39 is 11.5 Å². The second-order valence-corrected chi connectivity index (χ2v) is 5.51. The van der Waals surface area contributed by atoms with E-state index in [4.69, 9.17) is 4.74 Å². The van der Waals surface area contributed by atoms with Crippen molar-refractivity contribution >= 4 is 22.4 Å². The van der Waals surface area contributed by atoms with Crippen LogP contribution in [0.5, 0.6) is 0 Å². The summed E-state index contributed by atoms with van der Waals surface area (Å²) in [6.07, 6.45) is 6.93. The molecule has 4 nitrogen and oxygen atoms in total. The van der Waals surface area contributed by atoms with Crippen LogP contribution in [0.4, 0.5) is 0 Å². The fourth-order valence-electron chi connectivity index (χ4n) is 2.86. The first-order chi connectivity index (χ1) is 10.7. The van der Waals surface area contributed by atoms with Crippen LogP contribution >= 0.6 is 0 Å². The van der Waals surface area contributed by atoms with Gasteiger partial charge < -0.3 is 9.72 Å². The molecule has 0 atom stereocenters. The van der Waals surface area contributed by atoms with Crippen molar-refractivity contribution < 1.29 is 9.53 Å². The Morgan fingerprint density at radius 2 is 2.14 bits per heavy atom. The van der Waals surface area contributed by atoms with Crippen molar-refractivity contribution in [2.75, 3.05) is 6.61 Å². The minimum Gasteiger partial charge on any atom is -0.462 e. The number of ether oxygens (including phenoxy) is 1. The highest BCUT2D eigenvalue weighted by atomic mass is 16.5. The molecule has 1 aromatic heterocycles. The number of carbonyl (C=O) groups is 1. The Balaban J connectivity index is 2.03. The number of aromatic amines is 1. The van der Waals surface area contributed by atoms with Gasteiger partial charge in [0.25, 0.3) is 5.56 Å². The summed E-state index contributed by atoms with van der Waals surface area (Å²) in [6.45, 7) is 1.97. The zero-order chi connectivity index (χ0) is 15.5. The fraction of sp³-hybridized carbons (Fsp3) is 0.333. The second kappa shape index (κ2) is 6.18. The summed E-state index contributed by atoms with van der Waals surface area (Å²) in [4.78, 5) is 26.6. The number of carbonyl (C=O) groups excluding carboxylic acids is 1. The summed E-state index contributed by atoms with van der Waals surface area (Å²) in [5, 5.41) is 0.836. The van der Waals surface area contributed by atoms with Gasteiger partial charge in [0.2, 0.25) is 0 Å². The molecule has 22 heavy (non-hydrogen) atoms. The summed E-state index contributed by atoms with van der Waals surface area (Å²) in [5.41, 5.74) is 2.89. The lowest BCUT2D eigenvalue weighted by Crippen LogP contribution is -2.19. The van der Waals surface area contributed by atoms with E-state index in [1.54, 1.807) is 13.0 Å². The van der Waals surface area contributed by atoms with E-state index in [0.717, 1.165) is 29.3 Å². The number of pyridine rings is 1. The quantitative estimate of drug-likeness (QED) is 0.879. The number of hydrogen-bond donors (Lipinski definition) is 1. The number of esters is 1. The van der Waals surface area contributed by atoms with Crippen LogP contribution in [0.1, 0.15) is 48.5 Å². The third-order valence-electron chi connectivity index (χ3n) is 4.00. The number of hydrogen-bond acceptors (Lipinski definition) is 3. The van der Waals surface area contributed by atoms with E-state index in [0.29, 0.717) is 0 Å². The molecule has 1 aliphatic carbocycles. The summed E-state index contributed by atoms with van der Waals surface area (Å²) >= 11 is 0. The first kappa shape index (κ1) is 14.6. The predicted molar refractivity (Wildman–Crippen MR) is 87.0 cm³/mol. The average Bonchev–Trinajstić information content (AvgIpc) is 2.54. The first-order valence-electron chi connectivity index (χ1n) is 7.72. The van der Waals surface area contributed by atoms with Crippen LogP contribution in [0, 0.1) is 0 Å². The Morgan fingerprint density at radius 1 is 1.27 bits per heavy atom. The van der Waals surface area contributed by atoms with Crippen molar-refractivity contribution in [1.82, 2.24) is 4.98 Å². The summed E-state index contributed by atoms with van der Waals surface area (Å²) in [6, 6.07) is 7.58. The van der Waals surface area contributed by atoms with Crippen molar-refractivity contribution in [1.29, 1.82) is 0 Å². The molecular weight excluding hydrogens is 278 g/mol. The van der Waals surface area contributed by atoms with Crippen LogP contribution in [0.2, 0.25) is 0 Å². The van der Waals surface area contributed by atoms with Gasteiger partial charge >= 0.3 is 5.97 Å². The number of nitrogens with one attached hydrogen (secondary N) is 1. The zero-order valence-corrected chi connectivity index (χ0v) is 12.6. The molecule has 0 saturated heterocycles. The lowest BCUT2D eigenvalue weighted by atomic mass is 9.93. The summed E-state index contributed by atoms with van der Waals surface area (Å²) in [7, 11) is 0. The van der Waals surface area contributed by atoms with Crippen LogP contribution in [0.3, 0.4) is 0 Å². The number of fused-ring (bicyclic) bond motifs is 1. The highest BCUT2D eigenvalue weighted by Gasteiger charge is 2.13. The fourth-order valence-corrected chi connectivity index (χ4v) is 2.86. The minimum atomic E-state index is -0.579. The largest absolute Gasteiger partial charge is 0.462 e. The maximum atomic E-state index is 12.1. The maximum Gasteiger partial charge on any atom is 0.343 e. The molecule has 1 N–H and O–H groups in total. The van der Waals surface area contributed by atoms with Crippen LogP contribution < -0.4 is 5.56 Å². The topological polar surface area (TPSA) is 59.2 Å².